The van der Waals surface area contributed by atoms with Crippen molar-refractivity contribution in [2.75, 3.05) is 4.90 Å². The van der Waals surface area contributed by atoms with E-state index in [2.05, 4.69) is 31.9 Å². The molecule has 0 spiro atoms. The average Bonchev–Trinajstić information content (AvgIpc) is 3.01. The van der Waals surface area contributed by atoms with E-state index in [1.165, 1.54) is 28.8 Å². The van der Waals surface area contributed by atoms with Gasteiger partial charge in [0.15, 0.2) is 4.32 Å². The molecular formula is C23H14Br2FNO2S2. The Labute approximate surface area is 205 Å². The molecular weight excluding hydrogens is 565 g/mol. The van der Waals surface area contributed by atoms with Crippen LogP contribution in [0.1, 0.15) is 11.1 Å². The summed E-state index contributed by atoms with van der Waals surface area (Å²) in [5.41, 5.74) is 2.30. The second-order valence-corrected chi connectivity index (χ2v) is 10.1. The first kappa shape index (κ1) is 22.2. The molecule has 0 bridgehead atoms. The molecule has 1 aliphatic heterocycles. The van der Waals surface area contributed by atoms with Crippen LogP contribution in [-0.2, 0) is 11.4 Å². The van der Waals surface area contributed by atoms with Crippen LogP contribution in [0.5, 0.6) is 5.75 Å². The van der Waals surface area contributed by atoms with Crippen molar-refractivity contribution in [2.45, 2.75) is 6.61 Å². The van der Waals surface area contributed by atoms with Crippen molar-refractivity contribution in [3.63, 3.8) is 0 Å². The van der Waals surface area contributed by atoms with Crippen LogP contribution in [0.4, 0.5) is 10.1 Å². The Hall–Kier alpha value is -2.00. The molecule has 3 aromatic rings. The smallest absolute Gasteiger partial charge is 0.270 e. The highest BCUT2D eigenvalue weighted by atomic mass is 79.9. The molecule has 31 heavy (non-hydrogen) atoms. The van der Waals surface area contributed by atoms with E-state index in [4.69, 9.17) is 17.0 Å². The van der Waals surface area contributed by atoms with Gasteiger partial charge in [-0.05, 0) is 60.2 Å². The molecule has 1 heterocycles. The van der Waals surface area contributed by atoms with Gasteiger partial charge in [-0.1, -0.05) is 74.0 Å². The van der Waals surface area contributed by atoms with Crippen molar-refractivity contribution in [2.24, 2.45) is 0 Å². The lowest BCUT2D eigenvalue weighted by Gasteiger charge is -2.14. The first-order chi connectivity index (χ1) is 14.9. The molecule has 3 nitrogen and oxygen atoms in total. The second kappa shape index (κ2) is 9.65. The third-order valence-electron chi connectivity index (χ3n) is 4.43. The Morgan fingerprint density at radius 3 is 2.52 bits per heavy atom. The Balaban J connectivity index is 1.60. The van der Waals surface area contributed by atoms with Gasteiger partial charge in [0.1, 0.15) is 18.2 Å². The van der Waals surface area contributed by atoms with Crippen molar-refractivity contribution >= 4 is 77.8 Å². The van der Waals surface area contributed by atoms with Gasteiger partial charge in [0, 0.05) is 14.5 Å². The maximum atomic E-state index is 13.1. The molecule has 3 aromatic carbocycles. The fourth-order valence-corrected chi connectivity index (χ4v) is 5.01. The largest absolute Gasteiger partial charge is 0.488 e. The molecule has 156 valence electrons. The number of carbonyl (C=O) groups is 1. The molecule has 0 aliphatic carbocycles. The summed E-state index contributed by atoms with van der Waals surface area (Å²) < 4.78 is 21.3. The number of hydrogen-bond donors (Lipinski definition) is 0. The molecule has 4 rings (SSSR count). The highest BCUT2D eigenvalue weighted by Crippen LogP contribution is 2.38. The number of hydrogen-bond acceptors (Lipinski definition) is 4. The summed E-state index contributed by atoms with van der Waals surface area (Å²) in [5, 5.41) is 0. The van der Waals surface area contributed by atoms with Gasteiger partial charge in [-0.15, -0.1) is 0 Å². The first-order valence-corrected chi connectivity index (χ1v) is 11.9. The molecule has 0 N–H and O–H groups in total. The summed E-state index contributed by atoms with van der Waals surface area (Å²) >= 11 is 13.6. The summed E-state index contributed by atoms with van der Waals surface area (Å²) in [6.45, 7) is 0.280. The quantitative estimate of drug-likeness (QED) is 0.234. The third kappa shape index (κ3) is 5.26. The van der Waals surface area contributed by atoms with Crippen molar-refractivity contribution in [1.29, 1.82) is 0 Å². The molecule has 8 heteroatoms. The zero-order valence-corrected chi connectivity index (χ0v) is 20.7. The average molecular weight is 579 g/mol. The van der Waals surface area contributed by atoms with Crippen LogP contribution in [0.15, 0.2) is 80.6 Å². The highest BCUT2D eigenvalue weighted by molar-refractivity contribution is 9.10. The predicted molar refractivity (Wildman–Crippen MR) is 135 cm³/mol. The summed E-state index contributed by atoms with van der Waals surface area (Å²) in [5.74, 6) is 0.137. The van der Waals surface area contributed by atoms with Crippen LogP contribution in [0, 0.1) is 5.82 Å². The lowest BCUT2D eigenvalue weighted by Crippen LogP contribution is -2.27. The van der Waals surface area contributed by atoms with Gasteiger partial charge in [0.2, 0.25) is 0 Å². The Bertz CT molecular complexity index is 1200. The maximum Gasteiger partial charge on any atom is 0.270 e. The molecule has 1 aliphatic rings. The predicted octanol–water partition coefficient (Wildman–Crippen LogP) is 7.34. The molecule has 1 saturated heterocycles. The molecule has 0 aromatic heterocycles. The van der Waals surface area contributed by atoms with Crippen molar-refractivity contribution in [1.82, 2.24) is 0 Å². The lowest BCUT2D eigenvalue weighted by molar-refractivity contribution is -0.113. The molecule has 1 amide bonds. The van der Waals surface area contributed by atoms with Crippen LogP contribution in [0.25, 0.3) is 6.08 Å². The van der Waals surface area contributed by atoms with Crippen LogP contribution in [0.3, 0.4) is 0 Å². The van der Waals surface area contributed by atoms with E-state index in [0.717, 1.165) is 20.1 Å². The number of halogens is 3. The van der Waals surface area contributed by atoms with Gasteiger partial charge >= 0.3 is 0 Å². The highest BCUT2D eigenvalue weighted by Gasteiger charge is 2.33. The Morgan fingerprint density at radius 1 is 1.03 bits per heavy atom. The van der Waals surface area contributed by atoms with Gasteiger partial charge < -0.3 is 4.74 Å². The van der Waals surface area contributed by atoms with E-state index < -0.39 is 0 Å². The zero-order chi connectivity index (χ0) is 22.0. The van der Waals surface area contributed by atoms with Crippen LogP contribution < -0.4 is 9.64 Å². The molecule has 0 unspecified atom stereocenters. The van der Waals surface area contributed by atoms with Crippen molar-refractivity contribution < 1.29 is 13.9 Å². The number of nitrogens with zero attached hydrogens (tertiary/aromatic N) is 1. The third-order valence-corrected chi connectivity index (χ3v) is 6.71. The number of rotatable bonds is 5. The molecule has 0 radical (unpaired) electrons. The van der Waals surface area contributed by atoms with Gasteiger partial charge in [-0.2, -0.15) is 0 Å². The number of thioether (sulfide) groups is 1. The monoisotopic (exact) mass is 577 g/mol. The van der Waals surface area contributed by atoms with Gasteiger partial charge in [-0.25, -0.2) is 4.39 Å². The van der Waals surface area contributed by atoms with Gasteiger partial charge in [0.05, 0.1) is 10.6 Å². The number of thiocarbonyl (C=S) groups is 1. The molecule has 1 fully saturated rings. The van der Waals surface area contributed by atoms with E-state index in [1.807, 2.05) is 42.5 Å². The van der Waals surface area contributed by atoms with Crippen LogP contribution in [-0.4, -0.2) is 10.2 Å². The van der Waals surface area contributed by atoms with Gasteiger partial charge in [-0.3, -0.25) is 9.69 Å². The van der Waals surface area contributed by atoms with E-state index in [1.54, 1.807) is 18.2 Å². The second-order valence-electron chi connectivity index (χ2n) is 6.59. The summed E-state index contributed by atoms with van der Waals surface area (Å²) in [6, 6.07) is 19.2. The minimum atomic E-state index is -0.291. The summed E-state index contributed by atoms with van der Waals surface area (Å²) in [6.07, 6.45) is 1.78. The SMILES string of the molecule is O=C1/C(=C/c2cc(Br)ccc2OCc2ccc(F)cc2)SC(=S)N1c1cccc(Br)c1. The van der Waals surface area contributed by atoms with E-state index in [9.17, 15) is 9.18 Å². The van der Waals surface area contributed by atoms with E-state index >= 15 is 0 Å². The van der Waals surface area contributed by atoms with Crippen LogP contribution in [0.2, 0.25) is 0 Å². The maximum absolute atomic E-state index is 13.1. The van der Waals surface area contributed by atoms with E-state index in [0.29, 0.717) is 20.7 Å². The zero-order valence-electron chi connectivity index (χ0n) is 15.8. The topological polar surface area (TPSA) is 29.5 Å². The number of ether oxygens (including phenoxy) is 1. The standard InChI is InChI=1S/C23H14Br2FNO2S2/c24-16-2-1-3-19(12-16)27-22(28)21(31-23(27)30)11-15-10-17(25)6-9-20(15)29-13-14-4-7-18(26)8-5-14/h1-12H,13H2/b21-11-. The summed E-state index contributed by atoms with van der Waals surface area (Å²) in [7, 11) is 0. The van der Waals surface area contributed by atoms with Gasteiger partial charge in [0.25, 0.3) is 5.91 Å². The minimum Gasteiger partial charge on any atom is -0.488 e. The summed E-state index contributed by atoms with van der Waals surface area (Å²) in [4.78, 5) is 15.1. The number of benzene rings is 3. The number of anilines is 1. The molecule has 0 saturated carbocycles. The minimum absolute atomic E-state index is 0.183. The first-order valence-electron chi connectivity index (χ1n) is 9.11. The Kier molecular flexibility index (Phi) is 6.91. The Morgan fingerprint density at radius 2 is 1.77 bits per heavy atom. The number of amides is 1. The van der Waals surface area contributed by atoms with E-state index in [-0.39, 0.29) is 18.3 Å². The normalized spacial score (nSPS) is 15.1. The van der Waals surface area contributed by atoms with Crippen LogP contribution >= 0.6 is 55.8 Å². The van der Waals surface area contributed by atoms with Crippen molar-refractivity contribution in [3.05, 3.63) is 97.5 Å². The fraction of sp³-hybridized carbons (Fsp3) is 0.0435. The molecule has 0 atom stereocenters. The fourth-order valence-electron chi connectivity index (χ4n) is 2.95. The van der Waals surface area contributed by atoms with Crippen molar-refractivity contribution in [3.8, 4) is 5.75 Å². The lowest BCUT2D eigenvalue weighted by atomic mass is 10.1. The number of carbonyl (C=O) groups excluding carboxylic acids is 1.